The monoisotopic (exact) mass is 1470 g/mol. The number of carbonyl (C=O) groups excluding carboxylic acids is 6. The molecule has 3 aliphatic rings. The lowest BCUT2D eigenvalue weighted by Crippen LogP contribution is -2.61. The summed E-state index contributed by atoms with van der Waals surface area (Å²) in [6.45, 7) is 5.42. The van der Waals surface area contributed by atoms with Gasteiger partial charge in [-0.2, -0.15) is 0 Å². The molecule has 0 spiro atoms. The van der Waals surface area contributed by atoms with Crippen molar-refractivity contribution in [2.75, 3.05) is 41.2 Å². The summed E-state index contributed by atoms with van der Waals surface area (Å²) in [6, 6.07) is 44.6. The number of phenolic OH excluding ortho intramolecular Hbond substituents is 1. The molecule has 4 N–H and O–H groups in total. The van der Waals surface area contributed by atoms with Gasteiger partial charge in [0, 0.05) is 60.8 Å². The zero-order valence-electron chi connectivity index (χ0n) is 56.2. The number of phenols is 1. The summed E-state index contributed by atoms with van der Waals surface area (Å²) in [5.74, 6) is -0.659. The van der Waals surface area contributed by atoms with Crippen molar-refractivity contribution in [3.05, 3.63) is 179 Å². The first-order valence-corrected chi connectivity index (χ1v) is 32.2. The van der Waals surface area contributed by atoms with Crippen molar-refractivity contribution >= 4 is 51.7 Å². The second-order valence-corrected chi connectivity index (χ2v) is 23.6. The lowest BCUT2D eigenvalue weighted by atomic mass is 9.99. The van der Waals surface area contributed by atoms with E-state index in [4.69, 9.17) is 66.3 Å². The molecular formula is C72H82BrF3O24. The molecule has 6 aromatic rings. The largest absolute Gasteiger partial charge is 0.508 e. The molecule has 24 nitrogen and oxygen atoms in total. The third kappa shape index (κ3) is 24.4. The molecule has 28 heteroatoms. The number of aromatic hydroxyl groups is 1. The Morgan fingerprint density at radius 2 is 0.770 bits per heavy atom. The predicted molar refractivity (Wildman–Crippen MR) is 354 cm³/mol. The molecule has 6 aromatic carbocycles. The summed E-state index contributed by atoms with van der Waals surface area (Å²) in [5, 5.41) is 37.9. The molecule has 3 aliphatic heterocycles. The zero-order valence-corrected chi connectivity index (χ0v) is 57.8. The Kier molecular flexibility index (Phi) is 31.7. The van der Waals surface area contributed by atoms with Crippen LogP contribution in [0.1, 0.15) is 74.9 Å². The molecule has 0 bridgehead atoms. The number of para-hydroxylation sites is 3. The summed E-state index contributed by atoms with van der Waals surface area (Å²) in [7, 11) is 4.84. The van der Waals surface area contributed by atoms with E-state index in [0.29, 0.717) is 30.1 Å². The van der Waals surface area contributed by atoms with E-state index in [1.165, 1.54) is 13.8 Å². The van der Waals surface area contributed by atoms with Crippen LogP contribution in [0.4, 0.5) is 13.2 Å². The van der Waals surface area contributed by atoms with Crippen LogP contribution >= 0.6 is 15.9 Å². The Balaban J connectivity index is 0.000000219. The Hall–Kier alpha value is -9.03. The zero-order chi connectivity index (χ0) is 73.2. The first-order valence-electron chi connectivity index (χ1n) is 31.3. The van der Waals surface area contributed by atoms with E-state index >= 15 is 4.39 Å². The van der Waals surface area contributed by atoms with Gasteiger partial charge in [0.1, 0.15) is 78.2 Å². The van der Waals surface area contributed by atoms with Crippen LogP contribution in [-0.4, -0.2) is 188 Å². The summed E-state index contributed by atoms with van der Waals surface area (Å²) in [5.41, 5.74) is 5.69. The number of methoxy groups -OCH3 is 3. The molecule has 100 heavy (non-hydrogen) atoms. The van der Waals surface area contributed by atoms with Crippen LogP contribution in [0.2, 0.25) is 0 Å². The predicted octanol–water partition coefficient (Wildman–Crippen LogP) is 8.46. The standard InChI is InChI=1S/C26H29FO9.C20H23FO6.C14H14O2.C12H16BrFO7/c1-15(28)32-14-22-23(27)24(33-16(2)29)25(34-17(3)30)26(36-22)35-21-8-6-5-7-19(21)13-18-9-11-20(31-4)12-10-18;1-25-14-8-6-12(7-9-14)10-13-4-2-3-5-15(13)26-20-19(24)18(23)17(21)16(11-22)27-20;1-16-13-8-6-11(7-9-13)10-12-4-2-3-5-14(12)15;1-5(15)18-4-8-9(14)10(19-6(2)16)11(12(13)21-8)20-7(3)17/h5-12,22-26H,13-14H2,1-4H3;2-9,16-20,22-24H,10-11H2,1H3;2-9,15H,10H2,1H3;8-12H,4H2,1-3H3. The average Bonchev–Trinajstić information content (AvgIpc) is 0.800. The maximum Gasteiger partial charge on any atom is 0.303 e. The molecule has 0 amide bonds. The quantitative estimate of drug-likeness (QED) is 0.0281. The van der Waals surface area contributed by atoms with Crippen LogP contribution in [0.5, 0.6) is 34.5 Å². The fourth-order valence-electron chi connectivity index (χ4n) is 10.2. The van der Waals surface area contributed by atoms with E-state index in [0.717, 1.165) is 84.7 Å². The van der Waals surface area contributed by atoms with Crippen molar-refractivity contribution in [3.63, 3.8) is 0 Å². The maximum atomic E-state index is 15.3. The second-order valence-electron chi connectivity index (χ2n) is 22.7. The number of hydrogen-bond acceptors (Lipinski definition) is 24. The number of rotatable bonds is 22. The van der Waals surface area contributed by atoms with E-state index in [2.05, 4.69) is 15.9 Å². The minimum absolute atomic E-state index is 0.344. The highest BCUT2D eigenvalue weighted by Gasteiger charge is 2.53. The van der Waals surface area contributed by atoms with E-state index in [1.54, 1.807) is 51.7 Å². The number of carbonyl (C=O) groups is 6. The van der Waals surface area contributed by atoms with Gasteiger partial charge in [0.05, 0.1) is 27.9 Å². The number of esters is 6. The van der Waals surface area contributed by atoms with Gasteiger partial charge in [-0.15, -0.1) is 0 Å². The molecule has 15 unspecified atom stereocenters. The van der Waals surface area contributed by atoms with Crippen molar-refractivity contribution < 1.29 is 129 Å². The molecule has 0 radical (unpaired) electrons. The molecule has 9 rings (SSSR count). The Morgan fingerprint density at radius 1 is 0.420 bits per heavy atom. The van der Waals surface area contributed by atoms with E-state index in [-0.39, 0.29) is 6.61 Å². The fourth-order valence-corrected chi connectivity index (χ4v) is 10.9. The van der Waals surface area contributed by atoms with Gasteiger partial charge in [0.2, 0.25) is 18.7 Å². The molecule has 0 aliphatic carbocycles. The van der Waals surface area contributed by atoms with Crippen LogP contribution in [-0.2, 0) is 90.7 Å². The van der Waals surface area contributed by atoms with Crippen LogP contribution in [0, 0.1) is 0 Å². The van der Waals surface area contributed by atoms with Gasteiger partial charge in [-0.25, -0.2) is 13.2 Å². The smallest absolute Gasteiger partial charge is 0.303 e. The van der Waals surface area contributed by atoms with Gasteiger partial charge in [0.25, 0.3) is 0 Å². The number of aliphatic hydroxyl groups excluding tert-OH is 3. The summed E-state index contributed by atoms with van der Waals surface area (Å²) in [4.78, 5) is 67.8. The van der Waals surface area contributed by atoms with Gasteiger partial charge in [0.15, 0.2) is 41.8 Å². The van der Waals surface area contributed by atoms with Crippen LogP contribution in [0.15, 0.2) is 146 Å². The highest BCUT2D eigenvalue weighted by molar-refractivity contribution is 9.09. The third-order valence-corrected chi connectivity index (χ3v) is 15.9. The molecule has 3 fully saturated rings. The van der Waals surface area contributed by atoms with Crippen molar-refractivity contribution in [1.82, 2.24) is 0 Å². The minimum atomic E-state index is -1.95. The van der Waals surface area contributed by atoms with Crippen LogP contribution in [0.25, 0.3) is 0 Å². The third-order valence-electron chi connectivity index (χ3n) is 15.1. The van der Waals surface area contributed by atoms with Gasteiger partial charge >= 0.3 is 35.8 Å². The van der Waals surface area contributed by atoms with E-state index in [9.17, 15) is 58.0 Å². The fraction of sp³-hybridized carbons (Fsp3) is 0.417. The second kappa shape index (κ2) is 39.7. The number of halogens is 4. The van der Waals surface area contributed by atoms with Crippen LogP contribution in [0.3, 0.4) is 0 Å². The minimum Gasteiger partial charge on any atom is -0.508 e. The van der Waals surface area contributed by atoms with Crippen molar-refractivity contribution in [3.8, 4) is 34.5 Å². The molecule has 3 heterocycles. The van der Waals surface area contributed by atoms with E-state index in [1.807, 2.05) is 115 Å². The van der Waals surface area contributed by atoms with Gasteiger partial charge in [-0.3, -0.25) is 28.8 Å². The SMILES string of the molecule is CC(=O)OCC1OC(Br)C(OC(C)=O)C(OC(C)=O)C1F.COc1ccc(Cc2ccccc2O)cc1.COc1ccc(Cc2ccccc2OC2OC(CO)C(F)C(O)C2O)cc1.COc1ccc(Cc2ccccc2OC2OC(COC(C)=O)C(F)C(OC(C)=O)C2OC(C)=O)cc1. The van der Waals surface area contributed by atoms with E-state index < -0.39 is 140 Å². The first kappa shape index (κ1) is 80.0. The first-order chi connectivity index (χ1) is 47.7. The number of hydrogen-bond donors (Lipinski definition) is 4. The van der Waals surface area contributed by atoms with Gasteiger partial charge in [-0.1, -0.05) is 107 Å². The topological polar surface area (TPSA) is 313 Å². The number of ether oxygens (including phenoxy) is 14. The Bertz CT molecular complexity index is 3570. The normalized spacial score (nSPS) is 24.3. The summed E-state index contributed by atoms with van der Waals surface area (Å²) >= 11 is 3.09. The van der Waals surface area contributed by atoms with Gasteiger partial charge < -0.3 is 86.7 Å². The van der Waals surface area contributed by atoms with Crippen molar-refractivity contribution in [2.45, 2.75) is 152 Å². The van der Waals surface area contributed by atoms with Gasteiger partial charge in [-0.05, 0) is 88.0 Å². The van der Waals surface area contributed by atoms with Crippen molar-refractivity contribution in [1.29, 1.82) is 0 Å². The van der Waals surface area contributed by atoms with Crippen LogP contribution < -0.4 is 23.7 Å². The highest BCUT2D eigenvalue weighted by Crippen LogP contribution is 2.35. The average molecular weight is 1470 g/mol. The number of alkyl halides is 4. The lowest BCUT2D eigenvalue weighted by molar-refractivity contribution is -0.275. The molecule has 542 valence electrons. The molecule has 3 saturated heterocycles. The Morgan fingerprint density at radius 3 is 1.17 bits per heavy atom. The van der Waals surface area contributed by atoms with Crippen molar-refractivity contribution in [2.24, 2.45) is 0 Å². The Labute approximate surface area is 584 Å². The molecule has 15 atom stereocenters. The summed E-state index contributed by atoms with van der Waals surface area (Å²) < 4.78 is 117. The number of benzene rings is 6. The molecular weight excluding hydrogens is 1390 g/mol. The number of aliphatic hydroxyl groups is 3. The molecule has 0 aromatic heterocycles. The maximum absolute atomic E-state index is 15.3. The highest BCUT2D eigenvalue weighted by atomic mass is 79.9. The molecule has 0 saturated carbocycles. The summed E-state index contributed by atoms with van der Waals surface area (Å²) in [6.07, 6.45) is -19.0. The lowest BCUT2D eigenvalue weighted by Gasteiger charge is -2.41.